The Hall–Kier alpha value is -3.26. The maximum atomic E-state index is 12.4. The zero-order valence-corrected chi connectivity index (χ0v) is 16.6. The molecule has 0 bridgehead atoms. The van der Waals surface area contributed by atoms with Crippen molar-refractivity contribution in [3.8, 4) is 11.5 Å². The minimum atomic E-state index is -0.831. The van der Waals surface area contributed by atoms with Gasteiger partial charge in [0.25, 0.3) is 5.91 Å². The number of fused-ring (bicyclic) bond motifs is 1. The topological polar surface area (TPSA) is 106 Å². The lowest BCUT2D eigenvalue weighted by atomic mass is 10.1. The van der Waals surface area contributed by atoms with E-state index >= 15 is 0 Å². The summed E-state index contributed by atoms with van der Waals surface area (Å²) >= 11 is 6.11. The summed E-state index contributed by atoms with van der Waals surface area (Å²) in [4.78, 5) is 37.1. The van der Waals surface area contributed by atoms with Gasteiger partial charge in [0.05, 0.1) is 36.2 Å². The molecule has 0 aliphatic carbocycles. The predicted octanol–water partition coefficient (Wildman–Crippen LogP) is 2.83. The zero-order chi connectivity index (χ0) is 21.0. The van der Waals surface area contributed by atoms with Gasteiger partial charge in [-0.2, -0.15) is 0 Å². The molecule has 0 radical (unpaired) electrons. The third kappa shape index (κ3) is 4.60. The Morgan fingerprint density at radius 2 is 1.86 bits per heavy atom. The van der Waals surface area contributed by atoms with E-state index < -0.39 is 6.04 Å². The van der Waals surface area contributed by atoms with Crippen LogP contribution < -0.4 is 25.4 Å². The highest BCUT2D eigenvalue weighted by Gasteiger charge is 2.28. The molecule has 0 fully saturated rings. The summed E-state index contributed by atoms with van der Waals surface area (Å²) in [5, 5.41) is 8.39. The molecule has 1 atom stereocenters. The molecule has 0 unspecified atom stereocenters. The summed E-state index contributed by atoms with van der Waals surface area (Å²) in [5.41, 5.74) is 1.20. The highest BCUT2D eigenvalue weighted by Crippen LogP contribution is 2.36. The number of halogens is 1. The number of carbonyl (C=O) groups excluding carboxylic acids is 3. The van der Waals surface area contributed by atoms with Gasteiger partial charge in [0.15, 0.2) is 0 Å². The van der Waals surface area contributed by atoms with Gasteiger partial charge in [-0.25, -0.2) is 0 Å². The SMILES string of the molecule is COc1cc(OC)c(NC(=O)CC[C@H]2NC(=O)c3ccccc3NC2=O)cc1Cl. The number of anilines is 2. The number of para-hydroxylation sites is 1. The zero-order valence-electron chi connectivity index (χ0n) is 15.9. The standard InChI is InChI=1S/C20H20ClN3O5/c1-28-16-10-17(29-2)15(9-12(16)21)22-18(25)8-7-14-20(27)23-13-6-4-3-5-11(13)19(26)24-14/h3-6,9-10,14H,7-8H2,1-2H3,(H,22,25)(H,23,27)(H,24,26)/t14-/m1/s1. The van der Waals surface area contributed by atoms with Gasteiger partial charge in [-0.3, -0.25) is 14.4 Å². The van der Waals surface area contributed by atoms with Crippen LogP contribution in [0.15, 0.2) is 36.4 Å². The van der Waals surface area contributed by atoms with Crippen LogP contribution in [0.3, 0.4) is 0 Å². The van der Waals surface area contributed by atoms with Gasteiger partial charge < -0.3 is 25.4 Å². The van der Waals surface area contributed by atoms with Crippen molar-refractivity contribution >= 4 is 40.7 Å². The summed E-state index contributed by atoms with van der Waals surface area (Å²) in [7, 11) is 2.94. The van der Waals surface area contributed by atoms with E-state index in [0.29, 0.717) is 33.5 Å². The molecule has 0 aromatic heterocycles. The molecule has 1 heterocycles. The van der Waals surface area contributed by atoms with Crippen LogP contribution in [0, 0.1) is 0 Å². The summed E-state index contributed by atoms with van der Waals surface area (Å²) in [6.45, 7) is 0. The number of hydrogen-bond acceptors (Lipinski definition) is 5. The van der Waals surface area contributed by atoms with Crippen molar-refractivity contribution in [2.24, 2.45) is 0 Å². The van der Waals surface area contributed by atoms with Gasteiger partial charge in [-0.05, 0) is 24.6 Å². The molecule has 2 aromatic rings. The Bertz CT molecular complexity index is 963. The van der Waals surface area contributed by atoms with E-state index in [1.165, 1.54) is 20.3 Å². The average molecular weight is 418 g/mol. The van der Waals surface area contributed by atoms with Gasteiger partial charge >= 0.3 is 0 Å². The third-order valence-electron chi connectivity index (χ3n) is 4.46. The molecule has 3 N–H and O–H groups in total. The molecular weight excluding hydrogens is 398 g/mol. The maximum absolute atomic E-state index is 12.4. The van der Waals surface area contributed by atoms with E-state index in [0.717, 1.165) is 0 Å². The van der Waals surface area contributed by atoms with Gasteiger partial charge in [-0.1, -0.05) is 23.7 Å². The first-order valence-electron chi connectivity index (χ1n) is 8.85. The Labute approximate surface area is 172 Å². The van der Waals surface area contributed by atoms with Gasteiger partial charge in [0, 0.05) is 12.5 Å². The Kier molecular flexibility index (Phi) is 6.23. The second kappa shape index (κ2) is 8.83. The fraction of sp³-hybridized carbons (Fsp3) is 0.250. The normalized spacial score (nSPS) is 15.5. The Morgan fingerprint density at radius 3 is 2.59 bits per heavy atom. The van der Waals surface area contributed by atoms with Gasteiger partial charge in [0.2, 0.25) is 11.8 Å². The lowest BCUT2D eigenvalue weighted by molar-refractivity contribution is -0.118. The van der Waals surface area contributed by atoms with Crippen LogP contribution in [-0.4, -0.2) is 38.0 Å². The van der Waals surface area contributed by atoms with Crippen molar-refractivity contribution in [2.45, 2.75) is 18.9 Å². The summed E-state index contributed by atoms with van der Waals surface area (Å²) in [5.74, 6) is -0.294. The maximum Gasteiger partial charge on any atom is 0.254 e. The van der Waals surface area contributed by atoms with Gasteiger partial charge in [-0.15, -0.1) is 0 Å². The van der Waals surface area contributed by atoms with E-state index in [4.69, 9.17) is 21.1 Å². The minimum Gasteiger partial charge on any atom is -0.495 e. The molecule has 2 aromatic carbocycles. The fourth-order valence-electron chi connectivity index (χ4n) is 2.96. The molecule has 29 heavy (non-hydrogen) atoms. The van der Waals surface area contributed by atoms with E-state index in [1.807, 2.05) is 0 Å². The highest BCUT2D eigenvalue weighted by atomic mass is 35.5. The van der Waals surface area contributed by atoms with Crippen molar-refractivity contribution in [2.75, 3.05) is 24.9 Å². The van der Waals surface area contributed by atoms with Crippen molar-refractivity contribution in [1.29, 1.82) is 0 Å². The number of benzene rings is 2. The van der Waals surface area contributed by atoms with Crippen LogP contribution in [0.4, 0.5) is 11.4 Å². The Morgan fingerprint density at radius 1 is 1.14 bits per heavy atom. The number of carbonyl (C=O) groups is 3. The molecule has 1 aliphatic rings. The number of ether oxygens (including phenoxy) is 2. The molecule has 3 rings (SSSR count). The van der Waals surface area contributed by atoms with Crippen LogP contribution in [-0.2, 0) is 9.59 Å². The predicted molar refractivity (Wildman–Crippen MR) is 109 cm³/mol. The second-order valence-electron chi connectivity index (χ2n) is 6.33. The first-order valence-corrected chi connectivity index (χ1v) is 9.23. The quantitative estimate of drug-likeness (QED) is 0.670. The molecule has 8 nitrogen and oxygen atoms in total. The van der Waals surface area contributed by atoms with Crippen LogP contribution in [0.25, 0.3) is 0 Å². The fourth-order valence-corrected chi connectivity index (χ4v) is 3.20. The second-order valence-corrected chi connectivity index (χ2v) is 6.74. The summed E-state index contributed by atoms with van der Waals surface area (Å²) < 4.78 is 10.4. The molecule has 1 aliphatic heterocycles. The van der Waals surface area contributed by atoms with E-state index in [9.17, 15) is 14.4 Å². The number of hydrogen-bond donors (Lipinski definition) is 3. The number of amides is 3. The van der Waals surface area contributed by atoms with Crippen molar-refractivity contribution in [3.05, 3.63) is 47.0 Å². The number of nitrogens with one attached hydrogen (secondary N) is 3. The average Bonchev–Trinajstić information content (AvgIpc) is 2.82. The largest absolute Gasteiger partial charge is 0.495 e. The minimum absolute atomic E-state index is 0.00150. The van der Waals surface area contributed by atoms with E-state index in [1.54, 1.807) is 30.3 Å². The molecule has 152 valence electrons. The Balaban J connectivity index is 1.65. The number of rotatable bonds is 6. The first kappa shape index (κ1) is 20.5. The molecule has 0 saturated heterocycles. The molecule has 0 spiro atoms. The monoisotopic (exact) mass is 417 g/mol. The number of methoxy groups -OCH3 is 2. The summed E-state index contributed by atoms with van der Waals surface area (Å²) in [6.07, 6.45) is 0.130. The van der Waals surface area contributed by atoms with Crippen LogP contribution in [0.1, 0.15) is 23.2 Å². The summed E-state index contributed by atoms with van der Waals surface area (Å²) in [6, 6.07) is 8.98. The first-order chi connectivity index (χ1) is 13.9. The van der Waals surface area contributed by atoms with Gasteiger partial charge in [0.1, 0.15) is 17.5 Å². The van der Waals surface area contributed by atoms with Crippen molar-refractivity contribution < 1.29 is 23.9 Å². The van der Waals surface area contributed by atoms with Crippen molar-refractivity contribution in [3.63, 3.8) is 0 Å². The van der Waals surface area contributed by atoms with Crippen LogP contribution in [0.5, 0.6) is 11.5 Å². The van der Waals surface area contributed by atoms with Crippen molar-refractivity contribution in [1.82, 2.24) is 5.32 Å². The highest BCUT2D eigenvalue weighted by molar-refractivity contribution is 6.32. The lowest BCUT2D eigenvalue weighted by Gasteiger charge is -2.15. The lowest BCUT2D eigenvalue weighted by Crippen LogP contribution is -2.41. The smallest absolute Gasteiger partial charge is 0.254 e. The van der Waals surface area contributed by atoms with Crippen LogP contribution in [0.2, 0.25) is 5.02 Å². The molecular formula is C20H20ClN3O5. The van der Waals surface area contributed by atoms with Crippen LogP contribution >= 0.6 is 11.6 Å². The molecule has 3 amide bonds. The third-order valence-corrected chi connectivity index (χ3v) is 4.75. The molecule has 9 heteroatoms. The van der Waals surface area contributed by atoms with E-state index in [2.05, 4.69) is 16.0 Å². The van der Waals surface area contributed by atoms with E-state index in [-0.39, 0.29) is 30.6 Å². The molecule has 0 saturated carbocycles.